The predicted octanol–water partition coefficient (Wildman–Crippen LogP) is 2.76. The fourth-order valence-corrected chi connectivity index (χ4v) is 4.63. The standard InChI is InChI=1S/C20H33N3O3S/c1-16(2)23(3)27(25,26)19-12-10-17(11-13-19)20(24)22-15-14-21-18-8-6-4-5-7-9-18/h10-13,16,18,21H,4-9,14-15H2,1-3H3,(H,22,24). The molecule has 27 heavy (non-hydrogen) atoms. The molecular formula is C20H33N3O3S. The van der Waals surface area contributed by atoms with Gasteiger partial charge in [0.1, 0.15) is 0 Å². The van der Waals surface area contributed by atoms with Crippen LogP contribution in [0.15, 0.2) is 29.2 Å². The maximum Gasteiger partial charge on any atom is 0.251 e. The van der Waals surface area contributed by atoms with Crippen LogP contribution < -0.4 is 10.6 Å². The summed E-state index contributed by atoms with van der Waals surface area (Å²) in [7, 11) is -1.97. The van der Waals surface area contributed by atoms with Crippen molar-refractivity contribution in [2.75, 3.05) is 20.1 Å². The average Bonchev–Trinajstić information content (AvgIpc) is 2.93. The van der Waals surface area contributed by atoms with E-state index in [-0.39, 0.29) is 16.8 Å². The van der Waals surface area contributed by atoms with Gasteiger partial charge in [0.2, 0.25) is 10.0 Å². The molecule has 0 aromatic heterocycles. The van der Waals surface area contributed by atoms with Gasteiger partial charge in [-0.3, -0.25) is 4.79 Å². The van der Waals surface area contributed by atoms with Crippen molar-refractivity contribution in [1.82, 2.24) is 14.9 Å². The van der Waals surface area contributed by atoms with Crippen LogP contribution in [0.3, 0.4) is 0 Å². The lowest BCUT2D eigenvalue weighted by atomic mass is 10.1. The van der Waals surface area contributed by atoms with E-state index in [1.165, 1.54) is 55.0 Å². The van der Waals surface area contributed by atoms with Gasteiger partial charge < -0.3 is 10.6 Å². The number of carbonyl (C=O) groups excluding carboxylic acids is 1. The third-order valence-electron chi connectivity index (χ3n) is 5.22. The number of carbonyl (C=O) groups is 1. The van der Waals surface area contributed by atoms with Gasteiger partial charge in [0.05, 0.1) is 4.90 Å². The molecule has 1 aromatic carbocycles. The van der Waals surface area contributed by atoms with Gasteiger partial charge in [-0.15, -0.1) is 0 Å². The van der Waals surface area contributed by atoms with Gasteiger partial charge in [0.25, 0.3) is 5.91 Å². The zero-order chi connectivity index (χ0) is 19.9. The molecule has 2 rings (SSSR count). The summed E-state index contributed by atoms with van der Waals surface area (Å²) in [5.74, 6) is -0.182. The SMILES string of the molecule is CC(C)N(C)S(=O)(=O)c1ccc(C(=O)NCCNC2CCCCCC2)cc1. The second-order valence-electron chi connectivity index (χ2n) is 7.54. The molecular weight excluding hydrogens is 362 g/mol. The highest BCUT2D eigenvalue weighted by Gasteiger charge is 2.23. The summed E-state index contributed by atoms with van der Waals surface area (Å²) in [4.78, 5) is 12.5. The molecule has 0 spiro atoms. The lowest BCUT2D eigenvalue weighted by molar-refractivity contribution is 0.0953. The third kappa shape index (κ3) is 6.30. The molecule has 0 heterocycles. The molecule has 0 bridgehead atoms. The molecule has 1 saturated carbocycles. The maximum absolute atomic E-state index is 12.5. The Kier molecular flexibility index (Phi) is 8.26. The Morgan fingerprint density at radius 2 is 1.67 bits per heavy atom. The number of sulfonamides is 1. The van der Waals surface area contributed by atoms with Crippen LogP contribution >= 0.6 is 0 Å². The van der Waals surface area contributed by atoms with Crippen LogP contribution in [0, 0.1) is 0 Å². The van der Waals surface area contributed by atoms with E-state index in [1.54, 1.807) is 19.2 Å². The second-order valence-corrected chi connectivity index (χ2v) is 9.54. The molecule has 1 aliphatic rings. The Morgan fingerprint density at radius 1 is 1.07 bits per heavy atom. The molecule has 1 aromatic rings. The van der Waals surface area contributed by atoms with Gasteiger partial charge in [0, 0.05) is 37.8 Å². The highest BCUT2D eigenvalue weighted by Crippen LogP contribution is 2.18. The lowest BCUT2D eigenvalue weighted by Crippen LogP contribution is -2.37. The minimum absolute atomic E-state index is 0.126. The van der Waals surface area contributed by atoms with Crippen molar-refractivity contribution in [3.8, 4) is 0 Å². The molecule has 152 valence electrons. The molecule has 7 heteroatoms. The van der Waals surface area contributed by atoms with Gasteiger partial charge in [0.15, 0.2) is 0 Å². The lowest BCUT2D eigenvalue weighted by Gasteiger charge is -2.21. The summed E-state index contributed by atoms with van der Waals surface area (Å²) in [5.41, 5.74) is 0.468. The van der Waals surface area contributed by atoms with Crippen LogP contribution in [0.5, 0.6) is 0 Å². The Labute approximate surface area is 163 Å². The average molecular weight is 396 g/mol. The first-order chi connectivity index (χ1) is 12.8. The van der Waals surface area contributed by atoms with Crippen molar-refractivity contribution in [2.45, 2.75) is 69.4 Å². The normalized spacial score (nSPS) is 16.5. The maximum atomic E-state index is 12.5. The quantitative estimate of drug-likeness (QED) is 0.524. The van der Waals surface area contributed by atoms with Crippen molar-refractivity contribution >= 4 is 15.9 Å². The smallest absolute Gasteiger partial charge is 0.251 e. The zero-order valence-corrected chi connectivity index (χ0v) is 17.5. The number of hydrogen-bond donors (Lipinski definition) is 2. The highest BCUT2D eigenvalue weighted by molar-refractivity contribution is 7.89. The van der Waals surface area contributed by atoms with E-state index in [1.807, 2.05) is 13.8 Å². The van der Waals surface area contributed by atoms with Gasteiger partial charge in [-0.05, 0) is 51.0 Å². The largest absolute Gasteiger partial charge is 0.351 e. The second kappa shape index (κ2) is 10.2. The van der Waals surface area contributed by atoms with E-state index in [0.29, 0.717) is 18.2 Å². The molecule has 6 nitrogen and oxygen atoms in total. The number of amides is 1. The van der Waals surface area contributed by atoms with Gasteiger partial charge in [-0.2, -0.15) is 4.31 Å². The topological polar surface area (TPSA) is 78.5 Å². The van der Waals surface area contributed by atoms with Crippen molar-refractivity contribution in [3.63, 3.8) is 0 Å². The Bertz CT molecular complexity index is 694. The minimum Gasteiger partial charge on any atom is -0.351 e. The first-order valence-corrected chi connectivity index (χ1v) is 11.4. The van der Waals surface area contributed by atoms with E-state index >= 15 is 0 Å². The van der Waals surface area contributed by atoms with E-state index in [4.69, 9.17) is 0 Å². The molecule has 0 radical (unpaired) electrons. The van der Waals surface area contributed by atoms with Crippen LogP contribution in [-0.2, 0) is 10.0 Å². The monoisotopic (exact) mass is 395 g/mol. The number of hydrogen-bond acceptors (Lipinski definition) is 4. The van der Waals surface area contributed by atoms with E-state index in [0.717, 1.165) is 6.54 Å². The summed E-state index contributed by atoms with van der Waals surface area (Å²) < 4.78 is 26.2. The Hall–Kier alpha value is -1.44. The Morgan fingerprint density at radius 3 is 2.22 bits per heavy atom. The summed E-state index contributed by atoms with van der Waals surface area (Å²) in [6.45, 7) is 4.96. The molecule has 1 aliphatic carbocycles. The van der Waals surface area contributed by atoms with Crippen molar-refractivity contribution < 1.29 is 13.2 Å². The molecule has 0 saturated heterocycles. The van der Waals surface area contributed by atoms with Gasteiger partial charge in [-0.1, -0.05) is 25.7 Å². The number of nitrogens with zero attached hydrogens (tertiary/aromatic N) is 1. The van der Waals surface area contributed by atoms with Gasteiger partial charge in [-0.25, -0.2) is 8.42 Å². The molecule has 0 aliphatic heterocycles. The van der Waals surface area contributed by atoms with Crippen LogP contribution in [0.25, 0.3) is 0 Å². The number of nitrogens with one attached hydrogen (secondary N) is 2. The van der Waals surface area contributed by atoms with Crippen LogP contribution in [0.4, 0.5) is 0 Å². The van der Waals surface area contributed by atoms with Crippen molar-refractivity contribution in [2.24, 2.45) is 0 Å². The van der Waals surface area contributed by atoms with Crippen LogP contribution in [0.1, 0.15) is 62.7 Å². The van der Waals surface area contributed by atoms with Crippen molar-refractivity contribution in [1.29, 1.82) is 0 Å². The van der Waals surface area contributed by atoms with Crippen LogP contribution in [-0.4, -0.2) is 50.9 Å². The first-order valence-electron chi connectivity index (χ1n) is 9.92. The number of rotatable bonds is 8. The molecule has 1 fully saturated rings. The Balaban J connectivity index is 1.83. The fraction of sp³-hybridized carbons (Fsp3) is 0.650. The summed E-state index contributed by atoms with van der Waals surface area (Å²) in [6, 6.07) is 6.55. The molecule has 1 amide bonds. The third-order valence-corrected chi connectivity index (χ3v) is 7.27. The van der Waals surface area contributed by atoms with E-state index in [2.05, 4.69) is 10.6 Å². The summed E-state index contributed by atoms with van der Waals surface area (Å²) in [5, 5.41) is 6.41. The predicted molar refractivity (Wildman–Crippen MR) is 108 cm³/mol. The molecule has 2 N–H and O–H groups in total. The van der Waals surface area contributed by atoms with E-state index in [9.17, 15) is 13.2 Å². The minimum atomic E-state index is -3.53. The van der Waals surface area contributed by atoms with E-state index < -0.39 is 10.0 Å². The fourth-order valence-electron chi connectivity index (χ4n) is 3.26. The number of benzene rings is 1. The summed E-state index contributed by atoms with van der Waals surface area (Å²) >= 11 is 0. The summed E-state index contributed by atoms with van der Waals surface area (Å²) in [6.07, 6.45) is 7.65. The van der Waals surface area contributed by atoms with Gasteiger partial charge >= 0.3 is 0 Å². The van der Waals surface area contributed by atoms with Crippen molar-refractivity contribution in [3.05, 3.63) is 29.8 Å². The zero-order valence-electron chi connectivity index (χ0n) is 16.7. The van der Waals surface area contributed by atoms with Crippen LogP contribution in [0.2, 0.25) is 0 Å². The molecule has 0 atom stereocenters. The first kappa shape index (κ1) is 21.9. The highest BCUT2D eigenvalue weighted by atomic mass is 32.2. The molecule has 0 unspecified atom stereocenters.